The molecule has 0 aliphatic rings. The summed E-state index contributed by atoms with van der Waals surface area (Å²) in [5, 5.41) is 10.6. The fourth-order valence-corrected chi connectivity index (χ4v) is 3.21. The zero-order valence-corrected chi connectivity index (χ0v) is 15.5. The zero-order valence-electron chi connectivity index (χ0n) is 14.8. The first kappa shape index (κ1) is 16.0. The van der Waals surface area contributed by atoms with Crippen molar-refractivity contribution in [3.63, 3.8) is 0 Å². The zero-order chi connectivity index (χ0) is 18.5. The molecule has 0 amide bonds. The third kappa shape index (κ3) is 2.57. The van der Waals surface area contributed by atoms with Gasteiger partial charge in [0.1, 0.15) is 6.33 Å². The summed E-state index contributed by atoms with van der Waals surface area (Å²) in [4.78, 5) is 9.25. The number of hydrogen-bond acceptors (Lipinski definition) is 4. The largest absolute Gasteiger partial charge is 0.216 e. The van der Waals surface area contributed by atoms with E-state index in [9.17, 15) is 0 Å². The van der Waals surface area contributed by atoms with Crippen LogP contribution in [0.1, 0.15) is 11.1 Å². The summed E-state index contributed by atoms with van der Waals surface area (Å²) in [7, 11) is 0. The van der Waals surface area contributed by atoms with E-state index >= 15 is 0 Å². The fourth-order valence-electron chi connectivity index (χ4n) is 3.09. The van der Waals surface area contributed by atoms with Crippen LogP contribution in [0.15, 0.2) is 55.0 Å². The Balaban J connectivity index is 1.68. The Morgan fingerprint density at radius 1 is 0.926 bits per heavy atom. The molecule has 0 N–H and O–H groups in total. The van der Waals surface area contributed by atoms with Crippen molar-refractivity contribution in [3.8, 4) is 17.1 Å². The Kier molecular flexibility index (Phi) is 3.48. The third-order valence-corrected chi connectivity index (χ3v) is 4.99. The lowest BCUT2D eigenvalue weighted by molar-refractivity contribution is 0.881. The Morgan fingerprint density at radius 3 is 2.52 bits per heavy atom. The molecule has 27 heavy (non-hydrogen) atoms. The summed E-state index contributed by atoms with van der Waals surface area (Å²) in [6.07, 6.45) is 3.45. The van der Waals surface area contributed by atoms with E-state index in [1.165, 1.54) is 11.1 Å². The van der Waals surface area contributed by atoms with Gasteiger partial charge in [0.05, 0.1) is 17.3 Å². The van der Waals surface area contributed by atoms with Gasteiger partial charge >= 0.3 is 0 Å². The van der Waals surface area contributed by atoms with Gasteiger partial charge in [-0.05, 0) is 61.4 Å². The van der Waals surface area contributed by atoms with Crippen LogP contribution in [0.3, 0.4) is 0 Å². The lowest BCUT2D eigenvalue weighted by Gasteiger charge is -2.06. The lowest BCUT2D eigenvalue weighted by atomic mass is 10.1. The first-order valence-corrected chi connectivity index (χ1v) is 8.90. The van der Waals surface area contributed by atoms with Gasteiger partial charge < -0.3 is 0 Å². The maximum atomic E-state index is 5.97. The van der Waals surface area contributed by atoms with Crippen LogP contribution >= 0.6 is 11.6 Å². The number of aromatic nitrogens is 6. The molecular weight excluding hydrogens is 360 g/mol. The number of rotatable bonds is 2. The highest BCUT2D eigenvalue weighted by Gasteiger charge is 2.14. The van der Waals surface area contributed by atoms with E-state index in [0.717, 1.165) is 27.9 Å². The van der Waals surface area contributed by atoms with Crippen LogP contribution < -0.4 is 0 Å². The Hall–Kier alpha value is -3.25. The maximum absolute atomic E-state index is 5.97. The monoisotopic (exact) mass is 374 g/mol. The molecule has 3 heterocycles. The molecule has 5 aromatic rings. The second-order valence-corrected chi connectivity index (χ2v) is 6.95. The quantitative estimate of drug-likeness (QED) is 0.459. The molecule has 0 atom stereocenters. The van der Waals surface area contributed by atoms with Gasteiger partial charge in [-0.25, -0.2) is 19.2 Å². The van der Waals surface area contributed by atoms with Gasteiger partial charge in [-0.3, -0.25) is 0 Å². The number of nitrogens with zero attached hydrogens (tertiary/aromatic N) is 6. The summed E-state index contributed by atoms with van der Waals surface area (Å²) in [5.74, 6) is 0.625. The molecule has 2 aromatic carbocycles. The van der Waals surface area contributed by atoms with Gasteiger partial charge in [0.15, 0.2) is 17.1 Å². The lowest BCUT2D eigenvalue weighted by Crippen LogP contribution is -1.99. The molecule has 3 aromatic heterocycles. The summed E-state index contributed by atoms with van der Waals surface area (Å²) in [5.41, 5.74) is 5.81. The van der Waals surface area contributed by atoms with Crippen LogP contribution in [0.2, 0.25) is 5.02 Å². The van der Waals surface area contributed by atoms with Gasteiger partial charge in [-0.1, -0.05) is 17.7 Å². The average Bonchev–Trinajstić information content (AvgIpc) is 3.28. The van der Waals surface area contributed by atoms with E-state index in [2.05, 4.69) is 41.2 Å². The molecule has 0 aliphatic heterocycles. The smallest absolute Gasteiger partial charge is 0.182 e. The van der Waals surface area contributed by atoms with Gasteiger partial charge in [0.25, 0.3) is 0 Å². The van der Waals surface area contributed by atoms with Crippen molar-refractivity contribution in [3.05, 3.63) is 71.1 Å². The number of hydrogen-bond donors (Lipinski definition) is 0. The van der Waals surface area contributed by atoms with Crippen molar-refractivity contribution in [2.45, 2.75) is 13.8 Å². The predicted octanol–water partition coefficient (Wildman–Crippen LogP) is 4.40. The van der Waals surface area contributed by atoms with Crippen molar-refractivity contribution < 1.29 is 0 Å². The van der Waals surface area contributed by atoms with Gasteiger partial charge in [0, 0.05) is 10.6 Å². The van der Waals surface area contributed by atoms with Crippen LogP contribution in [-0.4, -0.2) is 29.4 Å². The van der Waals surface area contributed by atoms with Crippen molar-refractivity contribution >= 4 is 28.3 Å². The standard InChI is InChI=1S/C20H15ClN6/c1-12-3-8-16(9-13(12)2)27-19-17(10-23-27)20-24-18(25-26(20)11-22-19)14-4-6-15(21)7-5-14/h3-11H,1-2H3. The van der Waals surface area contributed by atoms with Crippen LogP contribution in [0.25, 0.3) is 33.8 Å². The Morgan fingerprint density at radius 2 is 1.74 bits per heavy atom. The normalized spacial score (nSPS) is 11.5. The summed E-state index contributed by atoms with van der Waals surface area (Å²) < 4.78 is 3.51. The minimum atomic E-state index is 0.625. The van der Waals surface area contributed by atoms with E-state index in [4.69, 9.17) is 16.6 Å². The highest BCUT2D eigenvalue weighted by Crippen LogP contribution is 2.24. The molecule has 5 rings (SSSR count). The number of aryl methyl sites for hydroxylation is 2. The van der Waals surface area contributed by atoms with E-state index in [1.54, 1.807) is 17.0 Å². The minimum absolute atomic E-state index is 0.625. The molecule has 0 saturated carbocycles. The minimum Gasteiger partial charge on any atom is -0.216 e. The van der Waals surface area contributed by atoms with Gasteiger partial charge in [-0.2, -0.15) is 5.10 Å². The molecular formula is C20H15ClN6. The van der Waals surface area contributed by atoms with Crippen LogP contribution in [-0.2, 0) is 0 Å². The van der Waals surface area contributed by atoms with E-state index in [0.29, 0.717) is 10.8 Å². The SMILES string of the molecule is Cc1ccc(-n2ncc3c2ncn2nc(-c4ccc(Cl)cc4)nc32)cc1C. The Bertz CT molecular complexity index is 1300. The average molecular weight is 375 g/mol. The molecule has 0 bridgehead atoms. The molecule has 0 radical (unpaired) electrons. The van der Waals surface area contributed by atoms with Crippen LogP contribution in [0, 0.1) is 13.8 Å². The van der Waals surface area contributed by atoms with Crippen LogP contribution in [0.4, 0.5) is 0 Å². The number of halogens is 1. The third-order valence-electron chi connectivity index (χ3n) is 4.74. The molecule has 0 unspecified atom stereocenters. The first-order valence-electron chi connectivity index (χ1n) is 8.53. The molecule has 0 spiro atoms. The molecule has 6 nitrogen and oxygen atoms in total. The Labute approximate surface area is 160 Å². The summed E-state index contributed by atoms with van der Waals surface area (Å²) >= 11 is 5.97. The second kappa shape index (κ2) is 5.89. The highest BCUT2D eigenvalue weighted by molar-refractivity contribution is 6.30. The second-order valence-electron chi connectivity index (χ2n) is 6.52. The number of fused-ring (bicyclic) bond motifs is 3. The van der Waals surface area contributed by atoms with E-state index in [-0.39, 0.29) is 0 Å². The molecule has 0 saturated heterocycles. The molecule has 0 aliphatic carbocycles. The summed E-state index contributed by atoms with van der Waals surface area (Å²) in [6, 6.07) is 13.7. The molecule has 7 heteroatoms. The topological polar surface area (TPSA) is 60.9 Å². The number of benzene rings is 2. The van der Waals surface area contributed by atoms with Crippen LogP contribution in [0.5, 0.6) is 0 Å². The van der Waals surface area contributed by atoms with Crippen molar-refractivity contribution in [2.75, 3.05) is 0 Å². The van der Waals surface area contributed by atoms with Crippen molar-refractivity contribution in [1.29, 1.82) is 0 Å². The predicted molar refractivity (Wildman–Crippen MR) is 105 cm³/mol. The van der Waals surface area contributed by atoms with Gasteiger partial charge in [-0.15, -0.1) is 5.10 Å². The van der Waals surface area contributed by atoms with Crippen molar-refractivity contribution in [1.82, 2.24) is 29.4 Å². The van der Waals surface area contributed by atoms with Gasteiger partial charge in [0.2, 0.25) is 0 Å². The van der Waals surface area contributed by atoms with E-state index in [1.807, 2.05) is 35.0 Å². The first-order chi connectivity index (χ1) is 13.1. The molecule has 132 valence electrons. The molecule has 0 fully saturated rings. The van der Waals surface area contributed by atoms with E-state index < -0.39 is 0 Å². The summed E-state index contributed by atoms with van der Waals surface area (Å²) in [6.45, 7) is 4.18. The highest BCUT2D eigenvalue weighted by atomic mass is 35.5. The van der Waals surface area contributed by atoms with Crippen molar-refractivity contribution in [2.24, 2.45) is 0 Å². The maximum Gasteiger partial charge on any atom is 0.182 e. The fraction of sp³-hybridized carbons (Fsp3) is 0.100.